The predicted octanol–water partition coefficient (Wildman–Crippen LogP) is 11.4. The summed E-state index contributed by atoms with van der Waals surface area (Å²) in [7, 11) is 0. The molecule has 0 N–H and O–H groups in total. The lowest BCUT2D eigenvalue weighted by molar-refractivity contribution is -0.138. The van der Waals surface area contributed by atoms with E-state index in [1.54, 1.807) is 26.0 Å². The van der Waals surface area contributed by atoms with E-state index in [1.165, 1.54) is 12.1 Å². The Hall–Kier alpha value is -6.02. The zero-order valence-electron chi connectivity index (χ0n) is 27.5. The minimum absolute atomic E-state index is 0.394. The van der Waals surface area contributed by atoms with Crippen LogP contribution in [0.1, 0.15) is 44.9 Å². The van der Waals surface area contributed by atoms with Crippen molar-refractivity contribution in [2.45, 2.75) is 26.2 Å². The summed E-state index contributed by atoms with van der Waals surface area (Å²) in [5, 5.41) is 4.75. The number of fused-ring (bicyclic) bond motifs is 11. The molecular weight excluding hydrogens is 674 g/mol. The molecule has 2 aromatic heterocycles. The van der Waals surface area contributed by atoms with Crippen molar-refractivity contribution in [3.63, 3.8) is 0 Å². The summed E-state index contributed by atoms with van der Waals surface area (Å²) >= 11 is 0. The van der Waals surface area contributed by atoms with Gasteiger partial charge in [0.2, 0.25) is 0 Å². The van der Waals surface area contributed by atoms with E-state index in [4.69, 9.17) is 8.83 Å². The molecule has 2 nitrogen and oxygen atoms in total. The summed E-state index contributed by atoms with van der Waals surface area (Å²) in [6.07, 6.45) is -9.08. The van der Waals surface area contributed by atoms with Gasteiger partial charge in [-0.1, -0.05) is 48.5 Å². The van der Waals surface area contributed by atoms with Gasteiger partial charge in [0.1, 0.15) is 22.7 Å². The normalized spacial score (nSPS) is 13.7. The first-order chi connectivity index (χ1) is 24.8. The fourth-order valence-corrected chi connectivity index (χ4v) is 8.15. The molecule has 0 unspecified atom stereocenters. The maximum absolute atomic E-state index is 14.1. The van der Waals surface area contributed by atoms with Crippen LogP contribution in [0.15, 0.2) is 118 Å². The molecule has 2 aliphatic carbocycles. The second kappa shape index (κ2) is 10.3. The SMILES string of the molecule is Cc1cc(C2=c3cc4cc5c(cc4cc3-c3c2oc2ccccc32)=C(c2cc(C)cc(C(F)(F)F)c2)c2oc3ccccc3c2-5)cc(C(F)(F)F)c1. The van der Waals surface area contributed by atoms with Gasteiger partial charge >= 0.3 is 12.4 Å². The molecule has 8 heteroatoms. The first-order valence-corrected chi connectivity index (χ1v) is 16.6. The Morgan fingerprint density at radius 1 is 0.462 bits per heavy atom. The summed E-state index contributed by atoms with van der Waals surface area (Å²) in [4.78, 5) is 0. The minimum Gasteiger partial charge on any atom is -0.455 e. The fourth-order valence-electron chi connectivity index (χ4n) is 8.15. The molecule has 0 spiro atoms. The van der Waals surface area contributed by atoms with Gasteiger partial charge in [0.15, 0.2) is 0 Å². The van der Waals surface area contributed by atoms with E-state index in [0.29, 0.717) is 56.1 Å². The number of halogens is 6. The number of para-hydroxylation sites is 2. The molecule has 0 radical (unpaired) electrons. The molecule has 2 heterocycles. The van der Waals surface area contributed by atoms with E-state index < -0.39 is 23.5 Å². The van der Waals surface area contributed by atoms with Gasteiger partial charge in [0.25, 0.3) is 0 Å². The van der Waals surface area contributed by atoms with Crippen molar-refractivity contribution >= 4 is 43.9 Å². The zero-order valence-corrected chi connectivity index (χ0v) is 27.5. The van der Waals surface area contributed by atoms with Crippen molar-refractivity contribution in [3.05, 3.63) is 165 Å². The van der Waals surface area contributed by atoms with Gasteiger partial charge in [0, 0.05) is 33.0 Å². The third kappa shape index (κ3) is 4.39. The van der Waals surface area contributed by atoms with Gasteiger partial charge in [-0.05, 0) is 129 Å². The highest BCUT2D eigenvalue weighted by Crippen LogP contribution is 2.47. The van der Waals surface area contributed by atoms with Gasteiger partial charge < -0.3 is 8.83 Å². The third-order valence-electron chi connectivity index (χ3n) is 10.2. The van der Waals surface area contributed by atoms with Crippen molar-refractivity contribution < 1.29 is 35.2 Å². The lowest BCUT2D eigenvalue weighted by atomic mass is 9.95. The van der Waals surface area contributed by atoms with E-state index in [-0.39, 0.29) is 0 Å². The Morgan fingerprint density at radius 3 is 1.27 bits per heavy atom. The van der Waals surface area contributed by atoms with E-state index in [9.17, 15) is 26.3 Å². The molecule has 10 rings (SSSR count). The highest BCUT2D eigenvalue weighted by molar-refractivity contribution is 6.11. The molecule has 0 saturated carbocycles. The van der Waals surface area contributed by atoms with Crippen molar-refractivity contribution in [1.82, 2.24) is 0 Å². The van der Waals surface area contributed by atoms with Gasteiger partial charge in [-0.25, -0.2) is 0 Å². The third-order valence-corrected chi connectivity index (χ3v) is 10.2. The Morgan fingerprint density at radius 2 is 0.865 bits per heavy atom. The molecule has 0 amide bonds. The highest BCUT2D eigenvalue weighted by Gasteiger charge is 2.36. The first-order valence-electron chi connectivity index (χ1n) is 16.6. The Kier molecular flexibility index (Phi) is 6.09. The summed E-state index contributed by atoms with van der Waals surface area (Å²) in [5.41, 5.74) is 5.77. The number of benzene rings is 6. The molecule has 0 saturated heterocycles. The van der Waals surface area contributed by atoms with Crippen LogP contribution in [0, 0.1) is 13.8 Å². The van der Waals surface area contributed by atoms with E-state index in [1.807, 2.05) is 72.8 Å². The maximum atomic E-state index is 14.1. The number of alkyl halides is 6. The van der Waals surface area contributed by atoms with Crippen molar-refractivity contribution in [2.75, 3.05) is 0 Å². The van der Waals surface area contributed by atoms with Crippen LogP contribution in [-0.2, 0) is 12.4 Å². The lowest BCUT2D eigenvalue weighted by Crippen LogP contribution is -2.11. The number of rotatable bonds is 2. The second-order valence-electron chi connectivity index (χ2n) is 13.7. The predicted molar refractivity (Wildman–Crippen MR) is 189 cm³/mol. The van der Waals surface area contributed by atoms with E-state index in [0.717, 1.165) is 66.4 Å². The van der Waals surface area contributed by atoms with Crippen LogP contribution in [0.3, 0.4) is 0 Å². The van der Waals surface area contributed by atoms with Crippen LogP contribution in [0.4, 0.5) is 26.3 Å². The Labute approximate surface area is 291 Å². The van der Waals surface area contributed by atoms with Crippen molar-refractivity contribution in [2.24, 2.45) is 0 Å². The van der Waals surface area contributed by atoms with Crippen LogP contribution in [0.25, 0.3) is 66.1 Å². The second-order valence-corrected chi connectivity index (χ2v) is 13.7. The monoisotopic (exact) mass is 698 g/mol. The largest absolute Gasteiger partial charge is 0.455 e. The molecule has 0 fully saturated rings. The van der Waals surface area contributed by atoms with Gasteiger partial charge in [-0.15, -0.1) is 0 Å². The van der Waals surface area contributed by atoms with Gasteiger partial charge in [-0.3, -0.25) is 0 Å². The average molecular weight is 699 g/mol. The van der Waals surface area contributed by atoms with Crippen LogP contribution in [-0.4, -0.2) is 0 Å². The van der Waals surface area contributed by atoms with Gasteiger partial charge in [0.05, 0.1) is 11.1 Å². The van der Waals surface area contributed by atoms with E-state index >= 15 is 0 Å². The molecule has 6 aromatic carbocycles. The topological polar surface area (TPSA) is 26.3 Å². The molecule has 0 atom stereocenters. The summed E-state index contributed by atoms with van der Waals surface area (Å²) in [6.45, 7) is 3.29. The van der Waals surface area contributed by atoms with Crippen molar-refractivity contribution in [1.29, 1.82) is 0 Å². The maximum Gasteiger partial charge on any atom is 0.416 e. The summed E-state index contributed by atoms with van der Waals surface area (Å²) in [5.74, 6) is 0.986. The highest BCUT2D eigenvalue weighted by atomic mass is 19.4. The first kappa shape index (κ1) is 30.8. The fraction of sp³-hybridized carbons (Fsp3) is 0.0909. The molecule has 0 aliphatic heterocycles. The van der Waals surface area contributed by atoms with Gasteiger partial charge in [-0.2, -0.15) is 26.3 Å². The number of aryl methyl sites for hydroxylation is 2. The zero-order chi connectivity index (χ0) is 35.8. The van der Waals surface area contributed by atoms with Crippen LogP contribution >= 0.6 is 0 Å². The number of furan rings is 2. The van der Waals surface area contributed by atoms with E-state index in [2.05, 4.69) is 0 Å². The Bertz CT molecular complexity index is 2800. The number of hydrogen-bond donors (Lipinski definition) is 0. The summed E-state index contributed by atoms with van der Waals surface area (Å²) < 4.78 is 97.4. The molecular formula is C44H24F6O2. The molecule has 254 valence electrons. The molecule has 0 bridgehead atoms. The molecule has 2 aliphatic rings. The minimum atomic E-state index is -4.54. The average Bonchev–Trinajstić information content (AvgIpc) is 3.81. The van der Waals surface area contributed by atoms with Crippen LogP contribution in [0.5, 0.6) is 0 Å². The van der Waals surface area contributed by atoms with Crippen LogP contribution in [0.2, 0.25) is 0 Å². The quantitative estimate of drug-likeness (QED) is 0.168. The number of hydrogen-bond acceptors (Lipinski definition) is 2. The molecule has 52 heavy (non-hydrogen) atoms. The Balaban J connectivity index is 1.32. The van der Waals surface area contributed by atoms with Crippen molar-refractivity contribution in [3.8, 4) is 22.3 Å². The smallest absolute Gasteiger partial charge is 0.416 e. The lowest BCUT2D eigenvalue weighted by Gasteiger charge is -2.12. The standard InChI is InChI=1S/C44H24F6O2/c1-21-11-25(15-27(13-21)43(45,46)47)37-31-17-23-20-34-32(18-24(23)19-33(31)39-29-7-3-5-9-35(29)51-41(37)39)38(26-12-22(2)14-28(16-26)44(48,49)50)42-40(34)30-8-4-6-10-36(30)52-42/h3-20H,1-2H3. The van der Waals surface area contributed by atoms with Crippen LogP contribution < -0.4 is 10.4 Å². The summed E-state index contributed by atoms with van der Waals surface area (Å²) in [6, 6.07) is 31.1. The molecule has 8 aromatic rings.